The van der Waals surface area contributed by atoms with Gasteiger partial charge in [-0.1, -0.05) is 6.92 Å². The predicted octanol–water partition coefficient (Wildman–Crippen LogP) is 3.20. The number of halogens is 2. The highest BCUT2D eigenvalue weighted by molar-refractivity contribution is 8.07. The fourth-order valence-electron chi connectivity index (χ4n) is 2.00. The molecule has 0 saturated carbocycles. The quantitative estimate of drug-likeness (QED) is 0.897. The number of benzene rings is 1. The van der Waals surface area contributed by atoms with Gasteiger partial charge in [0.1, 0.15) is 11.6 Å². The molecule has 5 heteroatoms. The molecule has 1 heterocycles. The smallest absolute Gasteiger partial charge is 0.126 e. The molecule has 17 heavy (non-hydrogen) atoms. The summed E-state index contributed by atoms with van der Waals surface area (Å²) in [7, 11) is 0. The van der Waals surface area contributed by atoms with E-state index in [2.05, 4.69) is 6.92 Å². The molecule has 0 radical (unpaired) electrons. The summed E-state index contributed by atoms with van der Waals surface area (Å²) in [6.45, 7) is 2.12. The Morgan fingerprint density at radius 1 is 1.18 bits per heavy atom. The van der Waals surface area contributed by atoms with E-state index in [4.69, 9.17) is 5.73 Å². The Kier molecular flexibility index (Phi) is 4.33. The van der Waals surface area contributed by atoms with Crippen LogP contribution in [0.5, 0.6) is 0 Å². The molecular formula is C12H15F2NS2. The summed E-state index contributed by atoms with van der Waals surface area (Å²) < 4.78 is 26.3. The van der Waals surface area contributed by atoms with Crippen molar-refractivity contribution in [2.24, 2.45) is 5.73 Å². The van der Waals surface area contributed by atoms with Gasteiger partial charge < -0.3 is 5.73 Å². The van der Waals surface area contributed by atoms with Crippen LogP contribution in [0.25, 0.3) is 0 Å². The molecule has 0 aromatic heterocycles. The molecular weight excluding hydrogens is 260 g/mol. The second kappa shape index (κ2) is 5.59. The Labute approximate surface area is 109 Å². The van der Waals surface area contributed by atoms with Gasteiger partial charge >= 0.3 is 0 Å². The highest BCUT2D eigenvalue weighted by atomic mass is 32.2. The summed E-state index contributed by atoms with van der Waals surface area (Å²) in [5.41, 5.74) is 6.68. The van der Waals surface area contributed by atoms with E-state index in [-0.39, 0.29) is 11.3 Å². The fraction of sp³-hybridized carbons (Fsp3) is 0.500. The molecule has 1 aliphatic rings. The van der Waals surface area contributed by atoms with Crippen LogP contribution in [0.4, 0.5) is 8.78 Å². The first kappa shape index (κ1) is 13.2. The molecule has 3 unspecified atom stereocenters. The van der Waals surface area contributed by atoms with Crippen LogP contribution in [0.2, 0.25) is 0 Å². The van der Waals surface area contributed by atoms with Crippen molar-refractivity contribution >= 4 is 23.5 Å². The van der Waals surface area contributed by atoms with Gasteiger partial charge in [0, 0.05) is 34.1 Å². The zero-order valence-corrected chi connectivity index (χ0v) is 11.2. The monoisotopic (exact) mass is 275 g/mol. The Bertz CT molecular complexity index is 380. The highest BCUT2D eigenvalue weighted by Gasteiger charge is 2.29. The second-order valence-electron chi connectivity index (χ2n) is 4.14. The van der Waals surface area contributed by atoms with Crippen LogP contribution in [0.15, 0.2) is 18.2 Å². The second-order valence-corrected chi connectivity index (χ2v) is 6.91. The molecule has 0 aliphatic carbocycles. The van der Waals surface area contributed by atoms with E-state index in [9.17, 15) is 8.78 Å². The van der Waals surface area contributed by atoms with Crippen molar-refractivity contribution in [3.8, 4) is 0 Å². The fourth-order valence-corrected chi connectivity index (χ4v) is 4.88. The Morgan fingerprint density at radius 2 is 1.76 bits per heavy atom. The van der Waals surface area contributed by atoms with Crippen molar-refractivity contribution in [2.75, 3.05) is 11.5 Å². The standard InChI is InChI=1S/C12H15F2NS2/c1-7-12(17-3-2-16-7)11(15)8-4-9(13)6-10(14)5-8/h4-7,11-12H,2-3,15H2,1H3. The van der Waals surface area contributed by atoms with Crippen molar-refractivity contribution in [3.05, 3.63) is 35.4 Å². The minimum Gasteiger partial charge on any atom is -0.323 e. The van der Waals surface area contributed by atoms with Crippen molar-refractivity contribution < 1.29 is 8.78 Å². The number of nitrogens with two attached hydrogens (primary N) is 1. The third-order valence-corrected chi connectivity index (χ3v) is 6.08. The van der Waals surface area contributed by atoms with Crippen LogP contribution in [0.3, 0.4) is 0 Å². The lowest BCUT2D eigenvalue weighted by atomic mass is 10.0. The van der Waals surface area contributed by atoms with E-state index in [0.29, 0.717) is 10.8 Å². The molecule has 2 rings (SSSR count). The molecule has 1 fully saturated rings. The van der Waals surface area contributed by atoms with Gasteiger partial charge in [0.25, 0.3) is 0 Å². The zero-order valence-electron chi connectivity index (χ0n) is 9.53. The number of hydrogen-bond donors (Lipinski definition) is 1. The lowest BCUT2D eigenvalue weighted by molar-refractivity contribution is 0.569. The first-order valence-electron chi connectivity index (χ1n) is 5.52. The summed E-state index contributed by atoms with van der Waals surface area (Å²) in [6, 6.07) is 3.23. The number of rotatable bonds is 2. The molecule has 0 spiro atoms. The summed E-state index contributed by atoms with van der Waals surface area (Å²) in [6.07, 6.45) is 0. The average molecular weight is 275 g/mol. The van der Waals surface area contributed by atoms with Crippen LogP contribution in [-0.2, 0) is 0 Å². The zero-order chi connectivity index (χ0) is 12.4. The lowest BCUT2D eigenvalue weighted by Crippen LogP contribution is -2.34. The number of thioether (sulfide) groups is 2. The maximum Gasteiger partial charge on any atom is 0.126 e. The topological polar surface area (TPSA) is 26.0 Å². The minimum absolute atomic E-state index is 0.218. The van der Waals surface area contributed by atoms with E-state index in [0.717, 1.165) is 17.6 Å². The molecule has 2 N–H and O–H groups in total. The molecule has 1 aromatic carbocycles. The third-order valence-electron chi connectivity index (χ3n) is 2.86. The minimum atomic E-state index is -0.559. The van der Waals surface area contributed by atoms with Gasteiger partial charge in [0.15, 0.2) is 0 Å². The first-order valence-corrected chi connectivity index (χ1v) is 7.62. The molecule has 0 bridgehead atoms. The van der Waals surface area contributed by atoms with Crippen LogP contribution in [0.1, 0.15) is 18.5 Å². The molecule has 1 saturated heterocycles. The van der Waals surface area contributed by atoms with E-state index in [1.54, 1.807) is 11.8 Å². The van der Waals surface area contributed by atoms with Crippen molar-refractivity contribution in [1.82, 2.24) is 0 Å². The van der Waals surface area contributed by atoms with Crippen LogP contribution in [0, 0.1) is 11.6 Å². The van der Waals surface area contributed by atoms with Crippen molar-refractivity contribution in [1.29, 1.82) is 0 Å². The van der Waals surface area contributed by atoms with Crippen LogP contribution in [-0.4, -0.2) is 22.0 Å². The van der Waals surface area contributed by atoms with Gasteiger partial charge in [-0.2, -0.15) is 23.5 Å². The Balaban J connectivity index is 2.20. The van der Waals surface area contributed by atoms with Gasteiger partial charge in [-0.05, 0) is 17.7 Å². The maximum absolute atomic E-state index is 13.1. The van der Waals surface area contributed by atoms with E-state index < -0.39 is 11.6 Å². The van der Waals surface area contributed by atoms with Crippen LogP contribution < -0.4 is 5.73 Å². The largest absolute Gasteiger partial charge is 0.323 e. The predicted molar refractivity (Wildman–Crippen MR) is 71.5 cm³/mol. The first-order chi connectivity index (χ1) is 8.08. The molecule has 0 amide bonds. The van der Waals surface area contributed by atoms with Gasteiger partial charge in [-0.15, -0.1) is 0 Å². The maximum atomic E-state index is 13.1. The van der Waals surface area contributed by atoms with E-state index in [1.807, 2.05) is 11.8 Å². The van der Waals surface area contributed by atoms with Gasteiger partial charge in [-0.3, -0.25) is 0 Å². The van der Waals surface area contributed by atoms with Crippen LogP contribution >= 0.6 is 23.5 Å². The van der Waals surface area contributed by atoms with E-state index in [1.165, 1.54) is 12.1 Å². The molecule has 1 aromatic rings. The lowest BCUT2D eigenvalue weighted by Gasteiger charge is -2.32. The summed E-state index contributed by atoms with van der Waals surface area (Å²) in [5, 5.41) is 0.630. The molecule has 1 nitrogen and oxygen atoms in total. The number of hydrogen-bond acceptors (Lipinski definition) is 3. The summed E-state index contributed by atoms with van der Waals surface area (Å²) >= 11 is 3.66. The summed E-state index contributed by atoms with van der Waals surface area (Å²) in [5.74, 6) is 1.05. The van der Waals surface area contributed by atoms with E-state index >= 15 is 0 Å². The van der Waals surface area contributed by atoms with Crippen molar-refractivity contribution in [2.45, 2.75) is 23.5 Å². The molecule has 1 aliphatic heterocycles. The van der Waals surface area contributed by atoms with Gasteiger partial charge in [-0.25, -0.2) is 8.78 Å². The van der Waals surface area contributed by atoms with Gasteiger partial charge in [0.05, 0.1) is 0 Å². The average Bonchev–Trinajstić information content (AvgIpc) is 2.27. The Hall–Kier alpha value is -0.260. The molecule has 94 valence electrons. The summed E-state index contributed by atoms with van der Waals surface area (Å²) in [4.78, 5) is 0. The van der Waals surface area contributed by atoms with Gasteiger partial charge in [0.2, 0.25) is 0 Å². The molecule has 3 atom stereocenters. The normalized spacial score (nSPS) is 26.8. The SMILES string of the molecule is CC1SCCSC1C(N)c1cc(F)cc(F)c1. The Morgan fingerprint density at radius 3 is 2.35 bits per heavy atom. The van der Waals surface area contributed by atoms with Crippen molar-refractivity contribution in [3.63, 3.8) is 0 Å². The third kappa shape index (κ3) is 3.14. The highest BCUT2D eigenvalue weighted by Crippen LogP contribution is 2.37.